The third-order valence-corrected chi connectivity index (χ3v) is 8.12. The van der Waals surface area contributed by atoms with E-state index in [1.807, 2.05) is 59.7 Å². The standard InChI is InChI=1S/C29H30ClN5O3S/c1-20-11-13-22(14-12-20)35-27(25-9-5-17-38-25)31-32-29(35)39-18-6-10-26(36)33-15-16-34(21(2)19-33)28(37)23-7-3-4-8-24(23)30/h3-5,7-9,11-14,17,21H,6,10,15-16,18-19H2,1-2H3. The molecule has 0 spiro atoms. The van der Waals surface area contributed by atoms with Gasteiger partial charge in [0.2, 0.25) is 11.7 Å². The van der Waals surface area contributed by atoms with Gasteiger partial charge in [-0.25, -0.2) is 0 Å². The number of rotatable bonds is 8. The lowest BCUT2D eigenvalue weighted by Crippen LogP contribution is -2.55. The second kappa shape index (κ2) is 12.1. The molecule has 8 nitrogen and oxygen atoms in total. The molecule has 1 atom stereocenters. The molecule has 2 aromatic heterocycles. The number of nitrogens with zero attached hydrogens (tertiary/aromatic N) is 5. The highest BCUT2D eigenvalue weighted by molar-refractivity contribution is 7.99. The normalized spacial score (nSPS) is 15.5. The monoisotopic (exact) mass is 563 g/mol. The number of hydrogen-bond donors (Lipinski definition) is 0. The zero-order valence-electron chi connectivity index (χ0n) is 21.9. The summed E-state index contributed by atoms with van der Waals surface area (Å²) >= 11 is 7.80. The van der Waals surface area contributed by atoms with Crippen LogP contribution in [-0.2, 0) is 4.79 Å². The first kappa shape index (κ1) is 27.0. The van der Waals surface area contributed by atoms with Gasteiger partial charge in [0.1, 0.15) is 0 Å². The Morgan fingerprint density at radius 3 is 2.56 bits per heavy atom. The van der Waals surface area contributed by atoms with E-state index in [2.05, 4.69) is 22.3 Å². The summed E-state index contributed by atoms with van der Waals surface area (Å²) in [5.74, 6) is 2.01. The Morgan fingerprint density at radius 2 is 1.85 bits per heavy atom. The van der Waals surface area contributed by atoms with Gasteiger partial charge in [0.05, 0.1) is 16.8 Å². The number of amides is 2. The first-order chi connectivity index (χ1) is 18.9. The van der Waals surface area contributed by atoms with Crippen molar-refractivity contribution in [1.82, 2.24) is 24.6 Å². The van der Waals surface area contributed by atoms with Gasteiger partial charge in [-0.1, -0.05) is 53.2 Å². The average Bonchev–Trinajstić information content (AvgIpc) is 3.62. The molecule has 1 saturated heterocycles. The molecule has 3 heterocycles. The van der Waals surface area contributed by atoms with Crippen molar-refractivity contribution in [3.05, 3.63) is 83.1 Å². The van der Waals surface area contributed by atoms with Gasteiger partial charge in [-0.15, -0.1) is 10.2 Å². The second-order valence-electron chi connectivity index (χ2n) is 9.57. The Morgan fingerprint density at radius 1 is 1.05 bits per heavy atom. The van der Waals surface area contributed by atoms with Crippen molar-refractivity contribution in [3.8, 4) is 17.3 Å². The van der Waals surface area contributed by atoms with Gasteiger partial charge in [0, 0.05) is 43.5 Å². The molecule has 10 heteroatoms. The Labute approximate surface area is 237 Å². The number of thioether (sulfide) groups is 1. The third-order valence-electron chi connectivity index (χ3n) is 6.78. The highest BCUT2D eigenvalue weighted by Gasteiger charge is 2.30. The van der Waals surface area contributed by atoms with Gasteiger partial charge in [0.25, 0.3) is 5.91 Å². The minimum Gasteiger partial charge on any atom is -0.461 e. The summed E-state index contributed by atoms with van der Waals surface area (Å²) in [6.07, 6.45) is 2.75. The molecular weight excluding hydrogens is 534 g/mol. The van der Waals surface area contributed by atoms with E-state index in [4.69, 9.17) is 16.0 Å². The van der Waals surface area contributed by atoms with Crippen molar-refractivity contribution in [2.24, 2.45) is 0 Å². The van der Waals surface area contributed by atoms with Gasteiger partial charge in [0.15, 0.2) is 10.9 Å². The summed E-state index contributed by atoms with van der Waals surface area (Å²) in [5, 5.41) is 9.99. The summed E-state index contributed by atoms with van der Waals surface area (Å²) in [6.45, 7) is 5.53. The zero-order chi connectivity index (χ0) is 27.4. The smallest absolute Gasteiger partial charge is 0.255 e. The molecule has 0 bridgehead atoms. The number of furan rings is 1. The Bertz CT molecular complexity index is 1440. The van der Waals surface area contributed by atoms with Gasteiger partial charge >= 0.3 is 0 Å². The third kappa shape index (κ3) is 6.04. The van der Waals surface area contributed by atoms with Crippen LogP contribution in [0.3, 0.4) is 0 Å². The molecular formula is C29H30ClN5O3S. The number of carbonyl (C=O) groups excluding carboxylic acids is 2. The summed E-state index contributed by atoms with van der Waals surface area (Å²) in [5.41, 5.74) is 2.62. The van der Waals surface area contributed by atoms with Crippen molar-refractivity contribution < 1.29 is 14.0 Å². The van der Waals surface area contributed by atoms with Crippen molar-refractivity contribution in [1.29, 1.82) is 0 Å². The molecule has 0 saturated carbocycles. The number of aromatic nitrogens is 3. The van der Waals surface area contributed by atoms with Crippen LogP contribution in [0.5, 0.6) is 0 Å². The van der Waals surface area contributed by atoms with Crippen LogP contribution in [0.15, 0.2) is 76.5 Å². The van der Waals surface area contributed by atoms with E-state index in [1.165, 1.54) is 5.56 Å². The maximum Gasteiger partial charge on any atom is 0.255 e. The molecule has 5 rings (SSSR count). The van der Waals surface area contributed by atoms with E-state index in [0.717, 1.165) is 10.8 Å². The fraction of sp³-hybridized carbons (Fsp3) is 0.310. The highest BCUT2D eigenvalue weighted by atomic mass is 35.5. The lowest BCUT2D eigenvalue weighted by atomic mass is 10.1. The van der Waals surface area contributed by atoms with Gasteiger partial charge in [-0.05, 0) is 56.7 Å². The molecule has 2 aromatic carbocycles. The van der Waals surface area contributed by atoms with Gasteiger partial charge in [-0.3, -0.25) is 14.2 Å². The van der Waals surface area contributed by atoms with Crippen LogP contribution in [0, 0.1) is 6.92 Å². The average molecular weight is 564 g/mol. The van der Waals surface area contributed by atoms with Crippen LogP contribution in [-0.4, -0.2) is 67.8 Å². The molecule has 1 aliphatic heterocycles. The first-order valence-electron chi connectivity index (χ1n) is 12.9. The molecule has 39 heavy (non-hydrogen) atoms. The molecule has 1 aliphatic rings. The molecule has 0 radical (unpaired) electrons. The lowest BCUT2D eigenvalue weighted by molar-refractivity contribution is -0.133. The van der Waals surface area contributed by atoms with E-state index < -0.39 is 0 Å². The van der Waals surface area contributed by atoms with Gasteiger partial charge < -0.3 is 14.2 Å². The molecule has 202 valence electrons. The van der Waals surface area contributed by atoms with Crippen LogP contribution in [0.1, 0.15) is 35.7 Å². The number of hydrogen-bond acceptors (Lipinski definition) is 6. The van der Waals surface area contributed by atoms with E-state index in [-0.39, 0.29) is 17.9 Å². The topological polar surface area (TPSA) is 84.5 Å². The largest absolute Gasteiger partial charge is 0.461 e. The number of piperazine rings is 1. The van der Waals surface area contributed by atoms with Crippen LogP contribution >= 0.6 is 23.4 Å². The predicted octanol–water partition coefficient (Wildman–Crippen LogP) is 5.73. The fourth-order valence-electron chi connectivity index (χ4n) is 4.68. The van der Waals surface area contributed by atoms with Crippen LogP contribution in [0.2, 0.25) is 5.02 Å². The predicted molar refractivity (Wildman–Crippen MR) is 152 cm³/mol. The van der Waals surface area contributed by atoms with E-state index in [9.17, 15) is 9.59 Å². The Balaban J connectivity index is 1.16. The van der Waals surface area contributed by atoms with Crippen LogP contribution < -0.4 is 0 Å². The molecule has 1 unspecified atom stereocenters. The van der Waals surface area contributed by atoms with Gasteiger partial charge in [-0.2, -0.15) is 0 Å². The summed E-state index contributed by atoms with van der Waals surface area (Å²) in [7, 11) is 0. The van der Waals surface area contributed by atoms with E-state index >= 15 is 0 Å². The van der Waals surface area contributed by atoms with Crippen molar-refractivity contribution in [2.45, 2.75) is 37.9 Å². The van der Waals surface area contributed by atoms with Crippen LogP contribution in [0.4, 0.5) is 0 Å². The fourth-order valence-corrected chi connectivity index (χ4v) is 5.78. The number of halogens is 1. The quantitative estimate of drug-likeness (QED) is 0.201. The highest BCUT2D eigenvalue weighted by Crippen LogP contribution is 2.29. The number of benzene rings is 2. The minimum atomic E-state index is -0.0943. The van der Waals surface area contributed by atoms with E-state index in [0.29, 0.717) is 60.4 Å². The zero-order valence-corrected chi connectivity index (χ0v) is 23.5. The SMILES string of the molecule is Cc1ccc(-n2c(SCCCC(=O)N3CCN(C(=O)c4ccccc4Cl)C(C)C3)nnc2-c2ccco2)cc1. The van der Waals surface area contributed by atoms with E-state index in [1.54, 1.807) is 35.1 Å². The maximum atomic E-state index is 13.0. The van der Waals surface area contributed by atoms with Crippen LogP contribution in [0.25, 0.3) is 17.3 Å². The Kier molecular flexibility index (Phi) is 8.38. The summed E-state index contributed by atoms with van der Waals surface area (Å²) < 4.78 is 7.58. The number of aryl methyl sites for hydroxylation is 1. The van der Waals surface area contributed by atoms with Crippen molar-refractivity contribution >= 4 is 35.2 Å². The molecule has 2 amide bonds. The molecule has 0 aliphatic carbocycles. The number of carbonyl (C=O) groups is 2. The molecule has 4 aromatic rings. The molecule has 0 N–H and O–H groups in total. The Hall–Kier alpha value is -3.56. The van der Waals surface area contributed by atoms with Crippen molar-refractivity contribution in [3.63, 3.8) is 0 Å². The first-order valence-corrected chi connectivity index (χ1v) is 14.3. The summed E-state index contributed by atoms with van der Waals surface area (Å²) in [4.78, 5) is 29.6. The second-order valence-corrected chi connectivity index (χ2v) is 11.0. The maximum absolute atomic E-state index is 13.0. The molecule has 1 fully saturated rings. The van der Waals surface area contributed by atoms with Crippen molar-refractivity contribution in [2.75, 3.05) is 25.4 Å². The lowest BCUT2D eigenvalue weighted by Gasteiger charge is -2.40. The summed E-state index contributed by atoms with van der Waals surface area (Å²) in [6, 6.07) is 18.9. The minimum absolute atomic E-state index is 0.0890.